The van der Waals surface area contributed by atoms with Crippen molar-refractivity contribution in [3.05, 3.63) is 46.6 Å². The number of fused-ring (bicyclic) bond motifs is 2. The van der Waals surface area contributed by atoms with Gasteiger partial charge in [-0.05, 0) is 57.1 Å². The summed E-state index contributed by atoms with van der Waals surface area (Å²) in [4.78, 5) is 7.29. The van der Waals surface area contributed by atoms with Gasteiger partial charge in [0.1, 0.15) is 5.75 Å². The molecular formula is C24H26ClN5O. The van der Waals surface area contributed by atoms with Crippen molar-refractivity contribution in [2.45, 2.75) is 26.3 Å². The van der Waals surface area contributed by atoms with Crippen molar-refractivity contribution < 1.29 is 5.11 Å². The van der Waals surface area contributed by atoms with Crippen molar-refractivity contribution in [1.82, 2.24) is 20.1 Å². The molecule has 2 aromatic carbocycles. The number of hydrogen-bond donors (Lipinski definition) is 2. The molecule has 0 bridgehead atoms. The van der Waals surface area contributed by atoms with Gasteiger partial charge in [-0.3, -0.25) is 4.68 Å². The zero-order valence-corrected chi connectivity index (χ0v) is 19.0. The number of benzene rings is 2. The van der Waals surface area contributed by atoms with Gasteiger partial charge in [0.15, 0.2) is 0 Å². The van der Waals surface area contributed by atoms with E-state index in [0.29, 0.717) is 22.3 Å². The summed E-state index contributed by atoms with van der Waals surface area (Å²) in [6.07, 6.45) is 3.08. The first-order valence-electron chi connectivity index (χ1n) is 10.5. The Bertz CT molecular complexity index is 1330. The fourth-order valence-electron chi connectivity index (χ4n) is 4.66. The smallest absolute Gasteiger partial charge is 0.130 e. The maximum absolute atomic E-state index is 10.9. The molecule has 0 spiro atoms. The SMILES string of the molecule is CN[C@@H]1CCN(c2cc3c(Cl)cc(-c4cc5cn(C)nc5c(C)c4O)nc3cc2C)C1. The molecule has 7 heteroatoms. The number of nitrogens with one attached hydrogen (secondary N) is 1. The van der Waals surface area contributed by atoms with Gasteiger partial charge in [-0.2, -0.15) is 5.10 Å². The van der Waals surface area contributed by atoms with Crippen LogP contribution in [-0.2, 0) is 7.05 Å². The first kappa shape index (κ1) is 20.1. The van der Waals surface area contributed by atoms with Crippen molar-refractivity contribution in [2.75, 3.05) is 25.0 Å². The second kappa shape index (κ2) is 7.39. The number of aromatic hydroxyl groups is 1. The number of pyridine rings is 1. The summed E-state index contributed by atoms with van der Waals surface area (Å²) >= 11 is 6.74. The van der Waals surface area contributed by atoms with Gasteiger partial charge < -0.3 is 15.3 Å². The van der Waals surface area contributed by atoms with Gasteiger partial charge in [-0.1, -0.05) is 11.6 Å². The maximum atomic E-state index is 10.9. The molecule has 4 aromatic rings. The van der Waals surface area contributed by atoms with Crippen LogP contribution in [0.15, 0.2) is 30.5 Å². The summed E-state index contributed by atoms with van der Waals surface area (Å²) in [6.45, 7) is 6.01. The highest BCUT2D eigenvalue weighted by atomic mass is 35.5. The molecule has 6 nitrogen and oxygen atoms in total. The van der Waals surface area contributed by atoms with Gasteiger partial charge in [-0.25, -0.2) is 4.98 Å². The largest absolute Gasteiger partial charge is 0.507 e. The van der Waals surface area contributed by atoms with Crippen LogP contribution in [0.25, 0.3) is 33.1 Å². The molecule has 0 radical (unpaired) electrons. The Morgan fingerprint density at radius 1 is 1.19 bits per heavy atom. The third-order valence-corrected chi connectivity index (χ3v) is 6.72. The van der Waals surface area contributed by atoms with Crippen LogP contribution in [0.3, 0.4) is 0 Å². The molecule has 1 saturated heterocycles. The van der Waals surface area contributed by atoms with Crippen LogP contribution >= 0.6 is 11.6 Å². The summed E-state index contributed by atoms with van der Waals surface area (Å²) in [5.74, 6) is 0.192. The summed E-state index contributed by atoms with van der Waals surface area (Å²) in [5.41, 5.74) is 6.07. The second-order valence-corrected chi connectivity index (χ2v) is 8.91. The van der Waals surface area contributed by atoms with E-state index in [1.54, 1.807) is 4.68 Å². The van der Waals surface area contributed by atoms with E-state index in [1.165, 1.54) is 11.3 Å². The first-order chi connectivity index (χ1) is 14.9. The average molecular weight is 436 g/mol. The summed E-state index contributed by atoms with van der Waals surface area (Å²) < 4.78 is 1.75. The molecule has 5 rings (SSSR count). The minimum absolute atomic E-state index is 0.192. The van der Waals surface area contributed by atoms with Gasteiger partial charge in [-0.15, -0.1) is 0 Å². The Labute approximate surface area is 186 Å². The van der Waals surface area contributed by atoms with E-state index >= 15 is 0 Å². The van der Waals surface area contributed by atoms with Crippen LogP contribution in [-0.4, -0.2) is 46.1 Å². The first-order valence-corrected chi connectivity index (χ1v) is 10.9. The highest BCUT2D eigenvalue weighted by Gasteiger charge is 2.23. The highest BCUT2D eigenvalue weighted by Crippen LogP contribution is 2.39. The molecule has 0 unspecified atom stereocenters. The van der Waals surface area contributed by atoms with Crippen LogP contribution in [0.5, 0.6) is 5.75 Å². The average Bonchev–Trinajstić information content (AvgIpc) is 3.36. The minimum Gasteiger partial charge on any atom is -0.507 e. The number of aromatic nitrogens is 3. The maximum Gasteiger partial charge on any atom is 0.130 e. The van der Waals surface area contributed by atoms with Crippen molar-refractivity contribution in [3.63, 3.8) is 0 Å². The summed E-state index contributed by atoms with van der Waals surface area (Å²) in [7, 11) is 3.89. The number of halogens is 1. The number of nitrogens with zero attached hydrogens (tertiary/aromatic N) is 4. The van der Waals surface area contributed by atoms with Crippen LogP contribution in [0.4, 0.5) is 5.69 Å². The number of likely N-dealkylation sites (N-methyl/N-ethyl adjacent to an activating group) is 1. The standard InChI is InChI=1S/C24H26ClN5O/c1-13-7-20-17(9-22(13)30-6-5-16(12-30)26-3)19(25)10-21(27-20)18-8-15-11-29(4)28-23(15)14(2)24(18)31/h7-11,16,26,31H,5-6,12H2,1-4H3/t16-/m1/s1. The Morgan fingerprint density at radius 3 is 2.74 bits per heavy atom. The molecule has 2 aromatic heterocycles. The molecule has 31 heavy (non-hydrogen) atoms. The third-order valence-electron chi connectivity index (χ3n) is 6.41. The van der Waals surface area contributed by atoms with Crippen LogP contribution < -0.4 is 10.2 Å². The lowest BCUT2D eigenvalue weighted by atomic mass is 10.0. The minimum atomic E-state index is 0.192. The van der Waals surface area contributed by atoms with Crippen LogP contribution in [0, 0.1) is 13.8 Å². The van der Waals surface area contributed by atoms with Crippen LogP contribution in [0.2, 0.25) is 5.02 Å². The number of aryl methyl sites for hydroxylation is 3. The van der Waals surface area contributed by atoms with Gasteiger partial charge in [0, 0.05) is 60.0 Å². The fourth-order valence-corrected chi connectivity index (χ4v) is 4.91. The van der Waals surface area contributed by atoms with Crippen molar-refractivity contribution >= 4 is 39.1 Å². The molecule has 1 aliphatic heterocycles. The van der Waals surface area contributed by atoms with E-state index < -0.39 is 0 Å². The van der Waals surface area contributed by atoms with E-state index in [4.69, 9.17) is 16.6 Å². The molecule has 3 heterocycles. The van der Waals surface area contributed by atoms with Gasteiger partial charge in [0.25, 0.3) is 0 Å². The predicted molar refractivity (Wildman–Crippen MR) is 127 cm³/mol. The number of anilines is 1. The molecule has 0 aliphatic carbocycles. The van der Waals surface area contributed by atoms with Gasteiger partial charge in [0.05, 0.1) is 21.7 Å². The fraction of sp³-hybridized carbons (Fsp3) is 0.333. The quantitative estimate of drug-likeness (QED) is 0.493. The molecule has 1 fully saturated rings. The van der Waals surface area contributed by atoms with E-state index in [9.17, 15) is 5.11 Å². The van der Waals surface area contributed by atoms with Gasteiger partial charge >= 0.3 is 0 Å². The lowest BCUT2D eigenvalue weighted by Crippen LogP contribution is -2.29. The molecule has 0 amide bonds. The molecule has 0 saturated carbocycles. The zero-order valence-electron chi connectivity index (χ0n) is 18.2. The third kappa shape index (κ3) is 3.30. The van der Waals surface area contributed by atoms with Gasteiger partial charge in [0.2, 0.25) is 0 Å². The van der Waals surface area contributed by atoms with Crippen molar-refractivity contribution in [3.8, 4) is 17.0 Å². The van der Waals surface area contributed by atoms with E-state index in [1.807, 2.05) is 39.3 Å². The van der Waals surface area contributed by atoms with E-state index in [2.05, 4.69) is 34.4 Å². The van der Waals surface area contributed by atoms with Crippen LogP contribution in [0.1, 0.15) is 17.5 Å². The predicted octanol–water partition coefficient (Wildman–Crippen LogP) is 4.56. The summed E-state index contributed by atoms with van der Waals surface area (Å²) in [6, 6.07) is 8.54. The van der Waals surface area contributed by atoms with Crippen molar-refractivity contribution in [2.24, 2.45) is 7.05 Å². The Kier molecular flexibility index (Phi) is 4.79. The summed E-state index contributed by atoms with van der Waals surface area (Å²) in [5, 5.41) is 21.2. The highest BCUT2D eigenvalue weighted by molar-refractivity contribution is 6.35. The normalized spacial score (nSPS) is 16.7. The Hall–Kier alpha value is -2.83. The zero-order chi connectivity index (χ0) is 21.9. The monoisotopic (exact) mass is 435 g/mol. The van der Waals surface area contributed by atoms with E-state index in [-0.39, 0.29) is 5.75 Å². The molecule has 1 aliphatic rings. The number of phenols is 1. The topological polar surface area (TPSA) is 66.2 Å². The molecule has 2 N–H and O–H groups in total. The number of rotatable bonds is 3. The van der Waals surface area contributed by atoms with Crippen molar-refractivity contribution in [1.29, 1.82) is 0 Å². The molecule has 160 valence electrons. The molecular weight excluding hydrogens is 410 g/mol. The lowest BCUT2D eigenvalue weighted by molar-refractivity contribution is 0.474. The Morgan fingerprint density at radius 2 is 2.00 bits per heavy atom. The Balaban J connectivity index is 1.63. The number of phenolic OH excluding ortho intramolecular Hbond substituents is 1. The number of hydrogen-bond acceptors (Lipinski definition) is 5. The van der Waals surface area contributed by atoms with E-state index in [0.717, 1.165) is 46.9 Å². The molecule has 1 atom stereocenters. The second-order valence-electron chi connectivity index (χ2n) is 8.50. The lowest BCUT2D eigenvalue weighted by Gasteiger charge is -2.22.